The van der Waals surface area contributed by atoms with Crippen molar-refractivity contribution >= 4 is 23.0 Å². The third-order valence-electron chi connectivity index (χ3n) is 4.06. The van der Waals surface area contributed by atoms with Crippen LogP contribution in [0.3, 0.4) is 0 Å². The van der Waals surface area contributed by atoms with Gasteiger partial charge in [0.25, 0.3) is 11.6 Å². The first-order valence-corrected chi connectivity index (χ1v) is 8.53. The molecule has 0 atom stereocenters. The number of hydrogen-bond donors (Lipinski definition) is 2. The number of nitriles is 1. The zero-order chi connectivity index (χ0) is 19.8. The number of hydrogen-bond acceptors (Lipinski definition) is 5. The normalized spacial score (nSPS) is 10.8. The van der Waals surface area contributed by atoms with Crippen LogP contribution in [0.2, 0.25) is 0 Å². The van der Waals surface area contributed by atoms with E-state index < -0.39 is 10.8 Å². The average molecular weight is 364 g/mol. The highest BCUT2D eigenvalue weighted by atomic mass is 16.6. The van der Waals surface area contributed by atoms with Crippen molar-refractivity contribution in [2.75, 3.05) is 10.6 Å². The molecule has 7 heteroatoms. The predicted molar refractivity (Wildman–Crippen MR) is 104 cm³/mol. The minimum absolute atomic E-state index is 0.0750. The molecule has 0 radical (unpaired) electrons. The molecule has 0 aromatic heterocycles. The lowest BCUT2D eigenvalue weighted by molar-refractivity contribution is -0.384. The Morgan fingerprint density at radius 3 is 2.22 bits per heavy atom. The van der Waals surface area contributed by atoms with Gasteiger partial charge in [-0.25, -0.2) is 0 Å². The number of nitrogens with one attached hydrogen (secondary N) is 2. The second-order valence-corrected chi connectivity index (χ2v) is 5.73. The third kappa shape index (κ3) is 4.92. The van der Waals surface area contributed by atoms with Gasteiger partial charge in [-0.1, -0.05) is 32.0 Å². The molecule has 0 saturated heterocycles. The minimum Gasteiger partial charge on any atom is -0.360 e. The first-order chi connectivity index (χ1) is 13.0. The minimum atomic E-state index is -0.592. The Bertz CT molecular complexity index is 890. The fourth-order valence-corrected chi connectivity index (χ4v) is 2.59. The molecule has 7 nitrogen and oxygen atoms in total. The maximum Gasteiger partial charge on any atom is 0.269 e. The lowest BCUT2D eigenvalue weighted by Crippen LogP contribution is -2.14. The Labute approximate surface area is 157 Å². The standard InChI is InChI=1S/C20H20N4O3/c1-3-14-6-5-7-15(4-2)19(14)22-13-16(12-21)20(25)23-17-8-10-18(11-9-17)24(26)27/h5-11,13,22H,3-4H2,1-2H3,(H,23,25)/b16-13-. The molecule has 0 bridgehead atoms. The molecular weight excluding hydrogens is 344 g/mol. The van der Waals surface area contributed by atoms with E-state index in [0.717, 1.165) is 29.7 Å². The first-order valence-electron chi connectivity index (χ1n) is 8.53. The molecule has 0 aliphatic carbocycles. The highest BCUT2D eigenvalue weighted by Gasteiger charge is 2.12. The lowest BCUT2D eigenvalue weighted by Gasteiger charge is -2.13. The summed E-state index contributed by atoms with van der Waals surface area (Å²) in [6.45, 7) is 4.08. The van der Waals surface area contributed by atoms with Crippen molar-refractivity contribution in [2.24, 2.45) is 0 Å². The number of aryl methyl sites for hydroxylation is 2. The summed E-state index contributed by atoms with van der Waals surface area (Å²) in [5, 5.41) is 25.6. The first kappa shape index (κ1) is 19.7. The Balaban J connectivity index is 2.18. The van der Waals surface area contributed by atoms with Gasteiger partial charge in [-0.15, -0.1) is 0 Å². The molecule has 0 aliphatic rings. The number of rotatable bonds is 7. The maximum atomic E-state index is 12.3. The van der Waals surface area contributed by atoms with Gasteiger partial charge in [0.1, 0.15) is 11.6 Å². The Morgan fingerprint density at radius 2 is 1.74 bits per heavy atom. The van der Waals surface area contributed by atoms with Crippen molar-refractivity contribution in [2.45, 2.75) is 26.7 Å². The molecule has 2 aromatic carbocycles. The summed E-state index contributed by atoms with van der Waals surface area (Å²) < 4.78 is 0. The molecule has 0 aliphatic heterocycles. The number of benzene rings is 2. The number of para-hydroxylation sites is 1. The molecule has 2 N–H and O–H groups in total. The summed E-state index contributed by atoms with van der Waals surface area (Å²) in [5.74, 6) is -0.592. The second kappa shape index (κ2) is 9.15. The summed E-state index contributed by atoms with van der Waals surface area (Å²) in [6.07, 6.45) is 3.02. The van der Waals surface area contributed by atoms with E-state index in [4.69, 9.17) is 0 Å². The predicted octanol–water partition coefficient (Wildman–Crippen LogP) is 4.18. The molecular formula is C20H20N4O3. The van der Waals surface area contributed by atoms with Crippen LogP contribution in [0.25, 0.3) is 0 Å². The van der Waals surface area contributed by atoms with E-state index in [1.807, 2.05) is 38.1 Å². The molecule has 27 heavy (non-hydrogen) atoms. The Morgan fingerprint density at radius 1 is 1.15 bits per heavy atom. The molecule has 0 heterocycles. The van der Waals surface area contributed by atoms with Gasteiger partial charge in [-0.2, -0.15) is 5.26 Å². The van der Waals surface area contributed by atoms with Crippen LogP contribution in [0.1, 0.15) is 25.0 Å². The molecule has 2 aromatic rings. The summed E-state index contributed by atoms with van der Waals surface area (Å²) in [4.78, 5) is 22.5. The summed E-state index contributed by atoms with van der Waals surface area (Å²) in [6, 6.07) is 13.3. The second-order valence-electron chi connectivity index (χ2n) is 5.73. The number of carbonyl (C=O) groups excluding carboxylic acids is 1. The Kier molecular flexibility index (Phi) is 6.67. The average Bonchev–Trinajstić information content (AvgIpc) is 2.68. The maximum absolute atomic E-state index is 12.3. The fraction of sp³-hybridized carbons (Fsp3) is 0.200. The van der Waals surface area contributed by atoms with Gasteiger partial charge in [0.2, 0.25) is 0 Å². The monoisotopic (exact) mass is 364 g/mol. The molecule has 0 fully saturated rings. The quantitative estimate of drug-likeness (QED) is 0.332. The van der Waals surface area contributed by atoms with Crippen LogP contribution in [-0.2, 0) is 17.6 Å². The van der Waals surface area contributed by atoms with Crippen molar-refractivity contribution in [1.82, 2.24) is 0 Å². The molecule has 0 spiro atoms. The number of carbonyl (C=O) groups is 1. The van der Waals surface area contributed by atoms with Crippen molar-refractivity contribution in [3.8, 4) is 6.07 Å². The van der Waals surface area contributed by atoms with Crippen molar-refractivity contribution < 1.29 is 9.72 Å². The molecule has 1 amide bonds. The zero-order valence-electron chi connectivity index (χ0n) is 15.2. The van der Waals surface area contributed by atoms with Crippen LogP contribution >= 0.6 is 0 Å². The van der Waals surface area contributed by atoms with E-state index in [0.29, 0.717) is 5.69 Å². The van der Waals surface area contributed by atoms with Gasteiger partial charge in [0.05, 0.1) is 4.92 Å². The molecule has 2 rings (SSSR count). The molecule has 0 saturated carbocycles. The van der Waals surface area contributed by atoms with Gasteiger partial charge in [0, 0.05) is 29.7 Å². The Hall–Kier alpha value is -3.66. The van der Waals surface area contributed by atoms with Gasteiger partial charge in [-0.05, 0) is 36.1 Å². The number of nitro groups is 1. The van der Waals surface area contributed by atoms with E-state index in [1.165, 1.54) is 30.5 Å². The zero-order valence-corrected chi connectivity index (χ0v) is 15.2. The third-order valence-corrected chi connectivity index (χ3v) is 4.06. The summed E-state index contributed by atoms with van der Waals surface area (Å²) in [5.41, 5.74) is 3.29. The van der Waals surface area contributed by atoms with Crippen LogP contribution < -0.4 is 10.6 Å². The van der Waals surface area contributed by atoms with E-state index in [-0.39, 0.29) is 11.3 Å². The van der Waals surface area contributed by atoms with Crippen LogP contribution in [0.4, 0.5) is 17.1 Å². The van der Waals surface area contributed by atoms with Gasteiger partial charge >= 0.3 is 0 Å². The number of nitro benzene ring substituents is 1. The van der Waals surface area contributed by atoms with Gasteiger partial charge in [-0.3, -0.25) is 14.9 Å². The molecule has 0 unspecified atom stereocenters. The molecule has 138 valence electrons. The summed E-state index contributed by atoms with van der Waals surface area (Å²) >= 11 is 0. The number of anilines is 2. The highest BCUT2D eigenvalue weighted by molar-refractivity contribution is 6.06. The lowest BCUT2D eigenvalue weighted by atomic mass is 10.0. The van der Waals surface area contributed by atoms with Crippen molar-refractivity contribution in [1.29, 1.82) is 5.26 Å². The van der Waals surface area contributed by atoms with Crippen LogP contribution in [0, 0.1) is 21.4 Å². The van der Waals surface area contributed by atoms with E-state index in [1.54, 1.807) is 0 Å². The topological polar surface area (TPSA) is 108 Å². The highest BCUT2D eigenvalue weighted by Crippen LogP contribution is 2.23. The number of amides is 1. The van der Waals surface area contributed by atoms with Gasteiger partial charge in [0.15, 0.2) is 0 Å². The van der Waals surface area contributed by atoms with Crippen molar-refractivity contribution in [3.05, 3.63) is 75.5 Å². The smallest absolute Gasteiger partial charge is 0.269 e. The van der Waals surface area contributed by atoms with Crippen LogP contribution in [0.15, 0.2) is 54.2 Å². The number of nitrogens with zero attached hydrogens (tertiary/aromatic N) is 2. The van der Waals surface area contributed by atoms with E-state index in [2.05, 4.69) is 10.6 Å². The van der Waals surface area contributed by atoms with Crippen molar-refractivity contribution in [3.63, 3.8) is 0 Å². The largest absolute Gasteiger partial charge is 0.360 e. The summed E-state index contributed by atoms with van der Waals surface area (Å²) in [7, 11) is 0. The van der Waals surface area contributed by atoms with E-state index >= 15 is 0 Å². The van der Waals surface area contributed by atoms with Crippen LogP contribution in [0.5, 0.6) is 0 Å². The SMILES string of the molecule is CCc1cccc(CC)c1N/C=C(/C#N)C(=O)Nc1ccc([N+](=O)[O-])cc1. The fourth-order valence-electron chi connectivity index (χ4n) is 2.59. The van der Waals surface area contributed by atoms with Gasteiger partial charge < -0.3 is 10.6 Å². The number of non-ortho nitro benzene ring substituents is 1. The van der Waals surface area contributed by atoms with Crippen LogP contribution in [-0.4, -0.2) is 10.8 Å². The van der Waals surface area contributed by atoms with E-state index in [9.17, 15) is 20.2 Å².